The van der Waals surface area contributed by atoms with E-state index in [-0.39, 0.29) is 0 Å². The molecule has 0 aliphatic carbocycles. The molecule has 0 amide bonds. The van der Waals surface area contributed by atoms with Gasteiger partial charge in [0.2, 0.25) is 0 Å². The second kappa shape index (κ2) is 6.31. The summed E-state index contributed by atoms with van der Waals surface area (Å²) >= 11 is 0. The maximum atomic E-state index is 4.65. The second-order valence-electron chi connectivity index (χ2n) is 4.23. The van der Waals surface area contributed by atoms with Gasteiger partial charge in [-0.15, -0.1) is 0 Å². The monoisotopic (exact) mass is 244 g/mol. The Kier molecular flexibility index (Phi) is 4.47. The van der Waals surface area contributed by atoms with Crippen LogP contribution < -0.4 is 5.32 Å². The maximum Gasteiger partial charge on any atom is 0.108 e. The smallest absolute Gasteiger partial charge is 0.108 e. The third kappa shape index (κ3) is 3.17. The zero-order valence-electron chi connectivity index (χ0n) is 11.1. The van der Waals surface area contributed by atoms with Crippen LogP contribution in [0.5, 0.6) is 0 Å². The highest BCUT2D eigenvalue weighted by molar-refractivity contribution is 5.12. The van der Waals surface area contributed by atoms with E-state index < -0.39 is 0 Å². The maximum absolute atomic E-state index is 4.65. The Hall–Kier alpha value is -1.68. The van der Waals surface area contributed by atoms with Gasteiger partial charge in [-0.3, -0.25) is 4.98 Å². The summed E-state index contributed by atoms with van der Waals surface area (Å²) in [6, 6.07) is 6.19. The molecule has 2 aromatic heterocycles. The molecule has 2 heterocycles. The number of nitrogens with one attached hydrogen (secondary N) is 1. The summed E-state index contributed by atoms with van der Waals surface area (Å²) in [5, 5.41) is 3.29. The number of nitrogens with zero attached hydrogens (tertiary/aromatic N) is 3. The van der Waals surface area contributed by atoms with E-state index >= 15 is 0 Å². The van der Waals surface area contributed by atoms with Gasteiger partial charge in [-0.05, 0) is 18.7 Å². The highest BCUT2D eigenvalue weighted by atomic mass is 15.1. The Balaban J connectivity index is 2.09. The van der Waals surface area contributed by atoms with Crippen LogP contribution in [-0.2, 0) is 19.5 Å². The van der Waals surface area contributed by atoms with Gasteiger partial charge in [0.05, 0.1) is 17.9 Å². The number of imidazole rings is 1. The highest BCUT2D eigenvalue weighted by Crippen LogP contribution is 2.05. The van der Waals surface area contributed by atoms with Crippen molar-refractivity contribution >= 4 is 0 Å². The van der Waals surface area contributed by atoms with Crippen LogP contribution in [0.3, 0.4) is 0 Å². The van der Waals surface area contributed by atoms with E-state index in [1.165, 1.54) is 0 Å². The molecule has 2 rings (SSSR count). The molecular formula is C14H20N4. The van der Waals surface area contributed by atoms with Gasteiger partial charge in [-0.25, -0.2) is 4.98 Å². The van der Waals surface area contributed by atoms with Gasteiger partial charge < -0.3 is 9.88 Å². The molecule has 0 bridgehead atoms. The number of aryl methyl sites for hydroxylation is 1. The molecule has 0 saturated carbocycles. The number of hydrogen-bond donors (Lipinski definition) is 1. The van der Waals surface area contributed by atoms with Crippen molar-refractivity contribution in [3.8, 4) is 0 Å². The summed E-state index contributed by atoms with van der Waals surface area (Å²) in [5.74, 6) is 1.11. The normalized spacial score (nSPS) is 10.8. The third-order valence-electron chi connectivity index (χ3n) is 2.87. The standard InChI is InChI=1S/C14H20N4/c1-3-14-16-8-9-18(14)11-13-7-5-6-12(17-13)10-15-4-2/h5-9,15H,3-4,10-11H2,1-2H3. The average molecular weight is 244 g/mol. The first-order chi connectivity index (χ1) is 8.83. The molecule has 0 saturated heterocycles. The predicted octanol–water partition coefficient (Wildman–Crippen LogP) is 2.00. The second-order valence-corrected chi connectivity index (χ2v) is 4.23. The van der Waals surface area contributed by atoms with Gasteiger partial charge in [0, 0.05) is 25.4 Å². The van der Waals surface area contributed by atoms with Crippen molar-refractivity contribution in [1.29, 1.82) is 0 Å². The molecule has 0 aliphatic heterocycles. The summed E-state index contributed by atoms with van der Waals surface area (Å²) in [6.45, 7) is 6.81. The first-order valence-corrected chi connectivity index (χ1v) is 6.49. The van der Waals surface area contributed by atoms with E-state index in [0.717, 1.165) is 43.3 Å². The molecule has 4 nitrogen and oxygen atoms in total. The quantitative estimate of drug-likeness (QED) is 0.845. The lowest BCUT2D eigenvalue weighted by Crippen LogP contribution is -2.14. The van der Waals surface area contributed by atoms with Crippen molar-refractivity contribution in [3.63, 3.8) is 0 Å². The Morgan fingerprint density at radius 3 is 2.83 bits per heavy atom. The third-order valence-corrected chi connectivity index (χ3v) is 2.87. The van der Waals surface area contributed by atoms with Crippen molar-refractivity contribution in [2.45, 2.75) is 33.4 Å². The molecule has 0 aliphatic rings. The summed E-state index contributed by atoms with van der Waals surface area (Å²) in [4.78, 5) is 8.98. The molecule has 0 atom stereocenters. The topological polar surface area (TPSA) is 42.7 Å². The van der Waals surface area contributed by atoms with E-state index in [2.05, 4.69) is 51.9 Å². The Morgan fingerprint density at radius 2 is 2.06 bits per heavy atom. The van der Waals surface area contributed by atoms with Gasteiger partial charge in [-0.2, -0.15) is 0 Å². The molecule has 18 heavy (non-hydrogen) atoms. The summed E-state index contributed by atoms with van der Waals surface area (Å²) in [7, 11) is 0. The van der Waals surface area contributed by atoms with E-state index in [9.17, 15) is 0 Å². The number of pyridine rings is 1. The van der Waals surface area contributed by atoms with Crippen LogP contribution in [0.4, 0.5) is 0 Å². The lowest BCUT2D eigenvalue weighted by molar-refractivity contribution is 0.685. The SMILES string of the molecule is CCNCc1cccc(Cn2ccnc2CC)n1. The summed E-state index contributed by atoms with van der Waals surface area (Å²) in [5.41, 5.74) is 2.17. The predicted molar refractivity (Wildman–Crippen MR) is 72.3 cm³/mol. The fourth-order valence-corrected chi connectivity index (χ4v) is 1.94. The minimum Gasteiger partial charge on any atom is -0.329 e. The molecule has 4 heteroatoms. The molecule has 0 fully saturated rings. The van der Waals surface area contributed by atoms with E-state index in [1.54, 1.807) is 0 Å². The van der Waals surface area contributed by atoms with E-state index in [1.807, 2.05) is 12.4 Å². The summed E-state index contributed by atoms with van der Waals surface area (Å²) in [6.07, 6.45) is 4.81. The van der Waals surface area contributed by atoms with Crippen molar-refractivity contribution in [3.05, 3.63) is 47.8 Å². The van der Waals surface area contributed by atoms with E-state index in [0.29, 0.717) is 0 Å². The highest BCUT2D eigenvalue weighted by Gasteiger charge is 2.03. The number of rotatable bonds is 6. The van der Waals surface area contributed by atoms with Crippen LogP contribution in [0, 0.1) is 0 Å². The molecule has 2 aromatic rings. The zero-order valence-corrected chi connectivity index (χ0v) is 11.1. The van der Waals surface area contributed by atoms with Crippen LogP contribution in [-0.4, -0.2) is 21.1 Å². The zero-order chi connectivity index (χ0) is 12.8. The van der Waals surface area contributed by atoms with Gasteiger partial charge in [0.25, 0.3) is 0 Å². The van der Waals surface area contributed by atoms with Gasteiger partial charge >= 0.3 is 0 Å². The number of aromatic nitrogens is 3. The van der Waals surface area contributed by atoms with Crippen LogP contribution in [0.2, 0.25) is 0 Å². The number of hydrogen-bond acceptors (Lipinski definition) is 3. The van der Waals surface area contributed by atoms with Crippen LogP contribution >= 0.6 is 0 Å². The van der Waals surface area contributed by atoms with Crippen molar-refractivity contribution in [2.24, 2.45) is 0 Å². The lowest BCUT2D eigenvalue weighted by Gasteiger charge is -2.08. The first-order valence-electron chi connectivity index (χ1n) is 6.49. The van der Waals surface area contributed by atoms with Crippen LogP contribution in [0.1, 0.15) is 31.1 Å². The first kappa shape index (κ1) is 12.8. The Bertz CT molecular complexity index is 490. The molecular weight excluding hydrogens is 224 g/mol. The minimum atomic E-state index is 0.795. The minimum absolute atomic E-state index is 0.795. The van der Waals surface area contributed by atoms with Crippen LogP contribution in [0.25, 0.3) is 0 Å². The van der Waals surface area contributed by atoms with E-state index in [4.69, 9.17) is 0 Å². The lowest BCUT2D eigenvalue weighted by atomic mass is 10.3. The van der Waals surface area contributed by atoms with Gasteiger partial charge in [0.1, 0.15) is 5.82 Å². The molecule has 1 N–H and O–H groups in total. The molecule has 0 spiro atoms. The van der Waals surface area contributed by atoms with Crippen LogP contribution in [0.15, 0.2) is 30.6 Å². The molecule has 96 valence electrons. The Morgan fingerprint density at radius 1 is 1.22 bits per heavy atom. The van der Waals surface area contributed by atoms with Gasteiger partial charge in [0.15, 0.2) is 0 Å². The summed E-state index contributed by atoms with van der Waals surface area (Å²) < 4.78 is 2.15. The fraction of sp³-hybridized carbons (Fsp3) is 0.429. The van der Waals surface area contributed by atoms with Crippen molar-refractivity contribution in [1.82, 2.24) is 19.9 Å². The van der Waals surface area contributed by atoms with Gasteiger partial charge in [-0.1, -0.05) is 19.9 Å². The molecule has 0 unspecified atom stereocenters. The Labute approximate surface area is 108 Å². The van der Waals surface area contributed by atoms with Crippen molar-refractivity contribution in [2.75, 3.05) is 6.54 Å². The fourth-order valence-electron chi connectivity index (χ4n) is 1.94. The largest absolute Gasteiger partial charge is 0.329 e. The molecule has 0 radical (unpaired) electrons. The average Bonchev–Trinajstić information content (AvgIpc) is 2.84. The molecule has 0 aromatic carbocycles. The van der Waals surface area contributed by atoms with Crippen molar-refractivity contribution < 1.29 is 0 Å².